The molecule has 33 heavy (non-hydrogen) atoms. The van der Waals surface area contributed by atoms with Crippen LogP contribution in [0, 0.1) is 5.92 Å². The zero-order valence-electron chi connectivity index (χ0n) is 18.9. The molecular weight excluding hydrogens is 484 g/mol. The second kappa shape index (κ2) is 9.29. The molecule has 0 saturated heterocycles. The molecule has 1 heterocycles. The summed E-state index contributed by atoms with van der Waals surface area (Å²) in [6, 6.07) is 11.1. The monoisotopic (exact) mass is 512 g/mol. The van der Waals surface area contributed by atoms with Crippen LogP contribution in [0.15, 0.2) is 46.9 Å². The molecule has 4 rings (SSSR count). The van der Waals surface area contributed by atoms with Crippen molar-refractivity contribution < 1.29 is 19.5 Å². The number of rotatable bonds is 4. The van der Waals surface area contributed by atoms with E-state index in [0.29, 0.717) is 12.2 Å². The van der Waals surface area contributed by atoms with Gasteiger partial charge < -0.3 is 15.3 Å². The number of anilines is 1. The number of fused-ring (bicyclic) bond motifs is 1. The Morgan fingerprint density at radius 1 is 1.03 bits per heavy atom. The number of hydrogen-bond acceptors (Lipinski definition) is 3. The summed E-state index contributed by atoms with van der Waals surface area (Å²) < 4.78 is 0.929. The van der Waals surface area contributed by atoms with E-state index >= 15 is 0 Å². The van der Waals surface area contributed by atoms with E-state index in [-0.39, 0.29) is 28.7 Å². The number of carboxylic acids is 1. The molecule has 2 N–H and O–H groups in total. The second-order valence-electron chi connectivity index (χ2n) is 9.66. The lowest BCUT2D eigenvalue weighted by atomic mass is 9.74. The second-order valence-corrected chi connectivity index (χ2v) is 10.5. The highest BCUT2D eigenvalue weighted by Crippen LogP contribution is 2.44. The SMILES string of the molecule is CC1(C)CN(C(=O)C2CCCCC2)C(C(=O)Nc2ccc(C(=O)O)cc2)c2cccc(Br)c21. The molecule has 7 heteroatoms. The van der Waals surface area contributed by atoms with Crippen molar-refractivity contribution in [2.45, 2.75) is 57.4 Å². The van der Waals surface area contributed by atoms with Gasteiger partial charge in [-0.1, -0.05) is 61.2 Å². The molecule has 0 bridgehead atoms. The summed E-state index contributed by atoms with van der Waals surface area (Å²) in [5, 5.41) is 12.0. The Balaban J connectivity index is 1.71. The van der Waals surface area contributed by atoms with Gasteiger partial charge in [0.25, 0.3) is 5.91 Å². The summed E-state index contributed by atoms with van der Waals surface area (Å²) >= 11 is 3.67. The fourth-order valence-corrected chi connectivity index (χ4v) is 6.14. The van der Waals surface area contributed by atoms with E-state index in [2.05, 4.69) is 35.1 Å². The Bertz CT molecular complexity index is 1070. The van der Waals surface area contributed by atoms with Crippen LogP contribution in [0.2, 0.25) is 0 Å². The predicted octanol–water partition coefficient (Wildman–Crippen LogP) is 5.53. The molecule has 2 aliphatic rings. The lowest BCUT2D eigenvalue weighted by Crippen LogP contribution is -2.53. The molecule has 1 fully saturated rings. The number of aromatic carboxylic acids is 1. The molecule has 174 valence electrons. The molecule has 1 atom stereocenters. The molecule has 0 spiro atoms. The minimum absolute atomic E-state index is 0.0478. The Hall–Kier alpha value is -2.67. The first-order chi connectivity index (χ1) is 15.7. The standard InChI is InChI=1S/C26H29BrN2O4/c1-26(2)15-29(24(31)16-7-4-3-5-8-16)22(19-9-6-10-20(27)21(19)26)23(30)28-18-13-11-17(12-14-18)25(32)33/h6,9-14,16,22H,3-5,7-8,15H2,1-2H3,(H,28,30)(H,32,33). The van der Waals surface area contributed by atoms with Crippen LogP contribution >= 0.6 is 15.9 Å². The lowest BCUT2D eigenvalue weighted by molar-refractivity contribution is -0.145. The fourth-order valence-electron chi connectivity index (χ4n) is 5.23. The molecule has 2 aromatic carbocycles. The third kappa shape index (κ3) is 4.69. The Labute approximate surface area is 202 Å². The van der Waals surface area contributed by atoms with Gasteiger partial charge in [-0.2, -0.15) is 0 Å². The first kappa shape index (κ1) is 23.5. The maximum atomic E-state index is 13.7. The predicted molar refractivity (Wildman–Crippen MR) is 130 cm³/mol. The van der Waals surface area contributed by atoms with Gasteiger partial charge in [0.05, 0.1) is 5.56 Å². The normalized spacial score (nSPS) is 20.1. The number of benzene rings is 2. The van der Waals surface area contributed by atoms with Crippen LogP contribution in [-0.4, -0.2) is 34.3 Å². The van der Waals surface area contributed by atoms with Crippen LogP contribution in [0.4, 0.5) is 5.69 Å². The maximum absolute atomic E-state index is 13.7. The number of carbonyl (C=O) groups excluding carboxylic acids is 2. The molecule has 6 nitrogen and oxygen atoms in total. The molecule has 0 radical (unpaired) electrons. The average molecular weight is 513 g/mol. The van der Waals surface area contributed by atoms with Crippen LogP contribution < -0.4 is 5.32 Å². The highest BCUT2D eigenvalue weighted by Gasteiger charge is 2.45. The van der Waals surface area contributed by atoms with Crippen LogP contribution in [0.1, 0.15) is 73.5 Å². The van der Waals surface area contributed by atoms with Gasteiger partial charge in [0.2, 0.25) is 5.91 Å². The van der Waals surface area contributed by atoms with Gasteiger partial charge in [-0.25, -0.2) is 4.79 Å². The van der Waals surface area contributed by atoms with Gasteiger partial charge >= 0.3 is 5.97 Å². The van der Waals surface area contributed by atoms with Crippen molar-refractivity contribution in [3.8, 4) is 0 Å². The van der Waals surface area contributed by atoms with Crippen molar-refractivity contribution in [2.75, 3.05) is 11.9 Å². The van der Waals surface area contributed by atoms with Crippen molar-refractivity contribution in [1.29, 1.82) is 0 Å². The van der Waals surface area contributed by atoms with Gasteiger partial charge in [0.1, 0.15) is 6.04 Å². The molecule has 2 amide bonds. The van der Waals surface area contributed by atoms with Crippen molar-refractivity contribution in [2.24, 2.45) is 5.92 Å². The van der Waals surface area contributed by atoms with Crippen molar-refractivity contribution in [1.82, 2.24) is 4.90 Å². The highest BCUT2D eigenvalue weighted by molar-refractivity contribution is 9.10. The summed E-state index contributed by atoms with van der Waals surface area (Å²) in [4.78, 5) is 40.2. The third-order valence-corrected chi connectivity index (χ3v) is 7.44. The Morgan fingerprint density at radius 2 is 1.70 bits per heavy atom. The molecule has 1 unspecified atom stereocenters. The van der Waals surface area contributed by atoms with Gasteiger partial charge in [0.15, 0.2) is 0 Å². The van der Waals surface area contributed by atoms with Crippen LogP contribution in [0.25, 0.3) is 0 Å². The van der Waals surface area contributed by atoms with E-state index in [1.54, 1.807) is 17.0 Å². The summed E-state index contributed by atoms with van der Waals surface area (Å²) in [5.74, 6) is -1.31. The zero-order chi connectivity index (χ0) is 23.8. The van der Waals surface area contributed by atoms with E-state index in [9.17, 15) is 14.4 Å². The van der Waals surface area contributed by atoms with Crippen LogP contribution in [0.3, 0.4) is 0 Å². The molecule has 1 aliphatic carbocycles. The van der Waals surface area contributed by atoms with Crippen LogP contribution in [-0.2, 0) is 15.0 Å². The molecule has 1 saturated carbocycles. The number of hydrogen-bond donors (Lipinski definition) is 2. The minimum atomic E-state index is -1.02. The van der Waals surface area contributed by atoms with Crippen molar-refractivity contribution >= 4 is 39.4 Å². The molecular formula is C26H29BrN2O4. The number of nitrogens with one attached hydrogen (secondary N) is 1. The molecule has 1 aliphatic heterocycles. The first-order valence-corrected chi connectivity index (χ1v) is 12.2. The topological polar surface area (TPSA) is 86.7 Å². The average Bonchev–Trinajstić information content (AvgIpc) is 2.78. The Kier molecular flexibility index (Phi) is 6.61. The van der Waals surface area contributed by atoms with Crippen LogP contribution in [0.5, 0.6) is 0 Å². The first-order valence-electron chi connectivity index (χ1n) is 11.4. The van der Waals surface area contributed by atoms with Gasteiger partial charge in [0, 0.05) is 28.0 Å². The minimum Gasteiger partial charge on any atom is -0.478 e. The number of carboxylic acid groups (broad SMARTS) is 1. The quantitative estimate of drug-likeness (QED) is 0.563. The summed E-state index contributed by atoms with van der Waals surface area (Å²) in [7, 11) is 0. The summed E-state index contributed by atoms with van der Waals surface area (Å²) in [5.41, 5.74) is 2.19. The van der Waals surface area contributed by atoms with Gasteiger partial charge in [-0.05, 0) is 54.3 Å². The number of halogens is 1. The van der Waals surface area contributed by atoms with Crippen molar-refractivity contribution in [3.05, 3.63) is 63.6 Å². The molecule has 2 aromatic rings. The fraction of sp³-hybridized carbons (Fsp3) is 0.423. The third-order valence-electron chi connectivity index (χ3n) is 6.78. The van der Waals surface area contributed by atoms with E-state index in [4.69, 9.17) is 5.11 Å². The van der Waals surface area contributed by atoms with Gasteiger partial charge in [-0.3, -0.25) is 9.59 Å². The largest absolute Gasteiger partial charge is 0.478 e. The summed E-state index contributed by atoms with van der Waals surface area (Å²) in [6.07, 6.45) is 4.98. The van der Waals surface area contributed by atoms with E-state index in [1.165, 1.54) is 12.1 Å². The summed E-state index contributed by atoms with van der Waals surface area (Å²) in [6.45, 7) is 4.67. The lowest BCUT2D eigenvalue weighted by Gasteiger charge is -2.46. The van der Waals surface area contributed by atoms with Crippen molar-refractivity contribution in [3.63, 3.8) is 0 Å². The van der Waals surface area contributed by atoms with E-state index in [1.807, 2.05) is 18.2 Å². The van der Waals surface area contributed by atoms with E-state index < -0.39 is 12.0 Å². The Morgan fingerprint density at radius 3 is 2.33 bits per heavy atom. The number of carbonyl (C=O) groups is 3. The van der Waals surface area contributed by atoms with Gasteiger partial charge in [-0.15, -0.1) is 0 Å². The zero-order valence-corrected chi connectivity index (χ0v) is 20.5. The highest BCUT2D eigenvalue weighted by atomic mass is 79.9. The number of nitrogens with zero attached hydrogens (tertiary/aromatic N) is 1. The maximum Gasteiger partial charge on any atom is 0.335 e. The number of amides is 2. The smallest absolute Gasteiger partial charge is 0.335 e. The molecule has 0 aromatic heterocycles. The van der Waals surface area contributed by atoms with E-state index in [0.717, 1.165) is 47.7 Å².